The number of hydrogen-bond acceptors (Lipinski definition) is 3. The fourth-order valence-corrected chi connectivity index (χ4v) is 6.93. The molecule has 2 aliphatic rings. The summed E-state index contributed by atoms with van der Waals surface area (Å²) in [5.41, 5.74) is 13.1. The molecule has 0 aliphatic carbocycles. The smallest absolute Gasteiger partial charge is 0.480 e. The normalized spacial score (nSPS) is 17.7. The minimum absolute atomic E-state index is 0.0367. The predicted octanol–water partition coefficient (Wildman–Crippen LogP) is 8.13. The van der Waals surface area contributed by atoms with Crippen LogP contribution in [0.1, 0.15) is 62.2 Å². The number of anilines is 2. The molecular weight excluding hydrogens is 567 g/mol. The van der Waals surface area contributed by atoms with Crippen molar-refractivity contribution in [2.75, 3.05) is 37.0 Å². The van der Waals surface area contributed by atoms with Crippen LogP contribution in [0.3, 0.4) is 0 Å². The van der Waals surface area contributed by atoms with Gasteiger partial charge in [0.05, 0.1) is 0 Å². The van der Waals surface area contributed by atoms with Gasteiger partial charge in [0, 0.05) is 66.7 Å². The standard InChI is InChI=1S/C39H47BN4O2/c1-10-41(8)32-17-11-30(12-18-32)15-21-34-24-28(4)38-36(23-27(2)3)39-29(5)25-35(44(39)40(6,7)43(34)38)22-16-31-13-19-33(20-14-31)42(9)26-37(45)46/h11-22,24-25,27H,6,10,23,26H2,1-5,7-9H3/p+1/b21-15+,22-16+. The summed E-state index contributed by atoms with van der Waals surface area (Å²) in [5.74, 6) is -0.349. The number of allylic oxidation sites excluding steroid dienone is 4. The lowest BCUT2D eigenvalue weighted by atomic mass is 9.48. The molecule has 1 aromatic heterocycles. The van der Waals surface area contributed by atoms with Crippen LogP contribution in [0.25, 0.3) is 23.8 Å². The van der Waals surface area contributed by atoms with Crippen LogP contribution < -0.4 is 9.80 Å². The molecule has 0 radical (unpaired) electrons. The molecule has 3 heterocycles. The third-order valence-electron chi connectivity index (χ3n) is 9.22. The Morgan fingerprint density at radius 3 is 2.07 bits per heavy atom. The Morgan fingerprint density at radius 2 is 1.52 bits per heavy atom. The van der Waals surface area contributed by atoms with Gasteiger partial charge in [-0.15, -0.1) is 0 Å². The second-order valence-corrected chi connectivity index (χ2v) is 13.5. The first-order valence-electron chi connectivity index (χ1n) is 16.4. The summed E-state index contributed by atoms with van der Waals surface area (Å²) in [4.78, 5) is 15.1. The Morgan fingerprint density at radius 1 is 0.957 bits per heavy atom. The van der Waals surface area contributed by atoms with E-state index in [1.54, 1.807) is 11.9 Å². The molecule has 0 bridgehead atoms. The van der Waals surface area contributed by atoms with Crippen LogP contribution in [0.5, 0.6) is 0 Å². The van der Waals surface area contributed by atoms with E-state index in [4.69, 9.17) is 11.9 Å². The van der Waals surface area contributed by atoms with Gasteiger partial charge in [-0.05, 0) is 106 Å². The van der Waals surface area contributed by atoms with Crippen LogP contribution in [0.15, 0.2) is 78.0 Å². The summed E-state index contributed by atoms with van der Waals surface area (Å²) >= 11 is 0. The number of likely N-dealkylation sites (N-methyl/N-ethyl adjacent to an activating group) is 1. The van der Waals surface area contributed by atoms with Crippen LogP contribution in [0, 0.1) is 19.7 Å². The molecule has 2 aromatic carbocycles. The number of carboxylic acid groups (broad SMARTS) is 1. The number of carbonyl (C=O) groups is 1. The van der Waals surface area contributed by atoms with E-state index in [1.807, 2.05) is 24.3 Å². The first-order valence-corrected chi connectivity index (χ1v) is 16.4. The summed E-state index contributed by atoms with van der Waals surface area (Å²) < 4.78 is 4.96. The number of aromatic nitrogens is 1. The average Bonchev–Trinajstić information content (AvgIpc) is 3.54. The second kappa shape index (κ2) is 13.0. The monoisotopic (exact) mass is 615 g/mol. The highest BCUT2D eigenvalue weighted by atomic mass is 16.4. The van der Waals surface area contributed by atoms with Gasteiger partial charge in [0.1, 0.15) is 6.54 Å². The number of benzene rings is 2. The van der Waals surface area contributed by atoms with Gasteiger partial charge < -0.3 is 23.9 Å². The first-order chi connectivity index (χ1) is 21.8. The molecule has 0 amide bonds. The maximum Gasteiger partial charge on any atom is 0.557 e. The Hall–Kier alpha value is -4.65. The molecule has 238 valence electrons. The van der Waals surface area contributed by atoms with Crippen molar-refractivity contribution in [2.24, 2.45) is 5.92 Å². The van der Waals surface area contributed by atoms with Gasteiger partial charge >= 0.3 is 12.4 Å². The average molecular weight is 616 g/mol. The maximum absolute atomic E-state index is 11.1. The molecule has 3 aromatic rings. The largest absolute Gasteiger partial charge is 0.557 e. The fourth-order valence-electron chi connectivity index (χ4n) is 6.93. The summed E-state index contributed by atoms with van der Waals surface area (Å²) in [6.45, 7) is 19.3. The van der Waals surface area contributed by atoms with Crippen LogP contribution in [-0.2, 0) is 4.79 Å². The zero-order valence-corrected chi connectivity index (χ0v) is 28.7. The lowest BCUT2D eigenvalue weighted by Gasteiger charge is -2.35. The van der Waals surface area contributed by atoms with E-state index >= 15 is 0 Å². The van der Waals surface area contributed by atoms with Crippen LogP contribution in [0.4, 0.5) is 11.4 Å². The predicted molar refractivity (Wildman–Crippen MR) is 198 cm³/mol. The summed E-state index contributed by atoms with van der Waals surface area (Å²) in [7, 11) is 3.91. The fraction of sp³-hybridized carbons (Fsp3) is 0.308. The zero-order chi connectivity index (χ0) is 33.3. The highest BCUT2D eigenvalue weighted by Crippen LogP contribution is 2.43. The summed E-state index contributed by atoms with van der Waals surface area (Å²) in [6.07, 6.45) is 10.6. The third-order valence-corrected chi connectivity index (χ3v) is 9.22. The number of aryl methyl sites for hydroxylation is 1. The van der Waals surface area contributed by atoms with Gasteiger partial charge in [-0.25, -0.2) is 0 Å². The lowest BCUT2D eigenvalue weighted by molar-refractivity contribution is -0.332. The molecule has 6 nitrogen and oxygen atoms in total. The molecule has 7 heteroatoms. The molecule has 0 saturated heterocycles. The van der Waals surface area contributed by atoms with Crippen molar-refractivity contribution in [3.63, 3.8) is 0 Å². The van der Waals surface area contributed by atoms with E-state index in [-0.39, 0.29) is 6.54 Å². The molecule has 2 aliphatic heterocycles. The Balaban J connectivity index is 1.56. The van der Waals surface area contributed by atoms with Crippen molar-refractivity contribution in [3.8, 4) is 0 Å². The number of fused-ring (bicyclic) bond motifs is 2. The van der Waals surface area contributed by atoms with Gasteiger partial charge in [-0.1, -0.05) is 44.2 Å². The first kappa shape index (κ1) is 32.7. The maximum atomic E-state index is 11.1. The van der Waals surface area contributed by atoms with Crippen molar-refractivity contribution in [2.45, 2.75) is 47.9 Å². The van der Waals surface area contributed by atoms with E-state index in [0.29, 0.717) is 5.92 Å². The molecule has 0 spiro atoms. The SMILES string of the molecule is [CH2+][B-]1(C)n2c(/C=C/c3ccc(N(C)CC)cc3)cc(C)c2C(CC(C)C)=C2C(C)=CC(/C=C/c3ccc(N(C)CC(=O)O)cc3)=[N+]21. The summed E-state index contributed by atoms with van der Waals surface area (Å²) in [5, 5.41) is 9.15. The van der Waals surface area contributed by atoms with E-state index in [9.17, 15) is 4.79 Å². The number of carboxylic acids is 1. The van der Waals surface area contributed by atoms with Crippen LogP contribution in [0.2, 0.25) is 6.82 Å². The van der Waals surface area contributed by atoms with Crippen molar-refractivity contribution < 1.29 is 14.4 Å². The van der Waals surface area contributed by atoms with E-state index in [0.717, 1.165) is 35.6 Å². The highest BCUT2D eigenvalue weighted by molar-refractivity contribution is 6.73. The topological polar surface area (TPSA) is 51.7 Å². The lowest BCUT2D eigenvalue weighted by Crippen LogP contribution is -2.54. The number of rotatable bonds is 11. The zero-order valence-electron chi connectivity index (χ0n) is 28.7. The number of nitrogens with zero attached hydrogens (tertiary/aromatic N) is 4. The molecule has 0 saturated carbocycles. The van der Waals surface area contributed by atoms with Crippen molar-refractivity contribution >= 4 is 53.3 Å². The van der Waals surface area contributed by atoms with E-state index < -0.39 is 12.4 Å². The molecule has 5 rings (SSSR count). The Labute approximate surface area is 275 Å². The van der Waals surface area contributed by atoms with Crippen molar-refractivity contribution in [3.05, 3.63) is 113 Å². The van der Waals surface area contributed by atoms with Crippen LogP contribution in [-0.4, -0.2) is 59.4 Å². The van der Waals surface area contributed by atoms with Crippen molar-refractivity contribution in [1.82, 2.24) is 4.48 Å². The van der Waals surface area contributed by atoms with Crippen LogP contribution >= 0.6 is 0 Å². The number of hydrogen-bond donors (Lipinski definition) is 1. The molecule has 1 unspecified atom stereocenters. The molecule has 0 fully saturated rings. The van der Waals surface area contributed by atoms with Gasteiger partial charge in [0.15, 0.2) is 11.4 Å². The van der Waals surface area contributed by atoms with Gasteiger partial charge in [-0.3, -0.25) is 4.79 Å². The number of aliphatic carboxylic acids is 1. The molecule has 46 heavy (non-hydrogen) atoms. The van der Waals surface area contributed by atoms with Gasteiger partial charge in [0.25, 0.3) is 0 Å². The van der Waals surface area contributed by atoms with Gasteiger partial charge in [-0.2, -0.15) is 0 Å². The Bertz CT molecular complexity index is 1780. The van der Waals surface area contributed by atoms with Crippen molar-refractivity contribution in [1.29, 1.82) is 0 Å². The quantitative estimate of drug-likeness (QED) is 0.175. The highest BCUT2D eigenvalue weighted by Gasteiger charge is 2.52. The minimum Gasteiger partial charge on any atom is -0.480 e. The Kier molecular flexibility index (Phi) is 9.25. The molecule has 1 N–H and O–H groups in total. The molecular formula is C39H48BN4O2+. The minimum atomic E-state index is -1.47. The third kappa shape index (κ3) is 6.37. The van der Waals surface area contributed by atoms with Gasteiger partial charge in [0.2, 0.25) is 0 Å². The second-order valence-electron chi connectivity index (χ2n) is 13.5. The summed E-state index contributed by atoms with van der Waals surface area (Å²) in [6, 6.07) is 19.0. The van der Waals surface area contributed by atoms with E-state index in [1.165, 1.54) is 39.4 Å². The molecule has 1 atom stereocenters. The van der Waals surface area contributed by atoms with E-state index in [2.05, 4.69) is 123 Å².